The van der Waals surface area contributed by atoms with Gasteiger partial charge in [-0.15, -0.1) is 24.0 Å². The van der Waals surface area contributed by atoms with Gasteiger partial charge in [0.25, 0.3) is 0 Å². The largest absolute Gasteiger partial charge is 0.357 e. The molecule has 0 aromatic heterocycles. The lowest BCUT2D eigenvalue weighted by atomic mass is 10.1. The molecular formula is C21H28FIN4OS. The van der Waals surface area contributed by atoms with Gasteiger partial charge in [0.1, 0.15) is 5.82 Å². The van der Waals surface area contributed by atoms with Crippen molar-refractivity contribution in [2.45, 2.75) is 25.8 Å². The summed E-state index contributed by atoms with van der Waals surface area (Å²) in [5, 5.41) is 9.04. The van der Waals surface area contributed by atoms with E-state index in [1.165, 1.54) is 6.07 Å². The van der Waals surface area contributed by atoms with Crippen LogP contribution in [0.5, 0.6) is 0 Å². The second kappa shape index (κ2) is 14.2. The number of nitrogens with one attached hydrogen (secondary N) is 3. The average Bonchev–Trinajstić information content (AvgIpc) is 2.70. The first-order chi connectivity index (χ1) is 13.6. The highest BCUT2D eigenvalue weighted by Gasteiger charge is 2.06. The third-order valence-electron chi connectivity index (χ3n) is 3.97. The van der Waals surface area contributed by atoms with Crippen molar-refractivity contribution in [2.75, 3.05) is 19.3 Å². The first-order valence-electron chi connectivity index (χ1n) is 9.21. The molecular weight excluding hydrogens is 502 g/mol. The number of thioether (sulfide) groups is 1. The zero-order valence-corrected chi connectivity index (χ0v) is 19.9. The lowest BCUT2D eigenvalue weighted by molar-refractivity contribution is -0.120. The van der Waals surface area contributed by atoms with Gasteiger partial charge in [0, 0.05) is 18.8 Å². The van der Waals surface area contributed by atoms with Crippen molar-refractivity contribution >= 4 is 47.6 Å². The first-order valence-corrected chi connectivity index (χ1v) is 10.6. The molecule has 29 heavy (non-hydrogen) atoms. The van der Waals surface area contributed by atoms with Crippen molar-refractivity contribution in [3.63, 3.8) is 0 Å². The SMILES string of the molecule is CCNC(=NCc1ccc(F)cc1CSC)NCC(=O)NCc1ccccc1.I. The maximum atomic E-state index is 13.5. The normalized spacial score (nSPS) is 10.8. The van der Waals surface area contributed by atoms with E-state index >= 15 is 0 Å². The van der Waals surface area contributed by atoms with Crippen LogP contribution in [0, 0.1) is 5.82 Å². The Morgan fingerprint density at radius 1 is 1.07 bits per heavy atom. The molecule has 0 atom stereocenters. The third kappa shape index (κ3) is 9.49. The lowest BCUT2D eigenvalue weighted by Crippen LogP contribution is -2.43. The highest BCUT2D eigenvalue weighted by molar-refractivity contribution is 14.0. The van der Waals surface area contributed by atoms with Gasteiger partial charge in [-0.2, -0.15) is 11.8 Å². The second-order valence-electron chi connectivity index (χ2n) is 6.16. The summed E-state index contributed by atoms with van der Waals surface area (Å²) in [5.74, 6) is 0.932. The number of rotatable bonds is 9. The molecule has 0 spiro atoms. The summed E-state index contributed by atoms with van der Waals surface area (Å²) in [6.07, 6.45) is 1.98. The Morgan fingerprint density at radius 3 is 2.52 bits per heavy atom. The average molecular weight is 530 g/mol. The number of benzene rings is 2. The predicted molar refractivity (Wildman–Crippen MR) is 130 cm³/mol. The molecule has 2 rings (SSSR count). The Hall–Kier alpha value is -1.81. The number of aliphatic imine (C=N–C) groups is 1. The van der Waals surface area contributed by atoms with Crippen molar-refractivity contribution in [1.82, 2.24) is 16.0 Å². The van der Waals surface area contributed by atoms with E-state index in [0.717, 1.165) is 22.4 Å². The Balaban J connectivity index is 0.00000420. The van der Waals surface area contributed by atoms with Gasteiger partial charge in [-0.1, -0.05) is 36.4 Å². The maximum Gasteiger partial charge on any atom is 0.239 e. The number of halogens is 2. The molecule has 5 nitrogen and oxygen atoms in total. The fourth-order valence-corrected chi connectivity index (χ4v) is 3.15. The molecule has 0 unspecified atom stereocenters. The standard InChI is InChI=1S/C21H27FN4OS.HI/c1-3-23-21(25-13-17-9-10-19(22)11-18(17)15-28-2)26-14-20(27)24-12-16-7-5-4-6-8-16;/h4-11H,3,12-15H2,1-2H3,(H,24,27)(H2,23,25,26);1H. The van der Waals surface area contributed by atoms with E-state index in [4.69, 9.17) is 0 Å². The van der Waals surface area contributed by atoms with Crippen LogP contribution in [-0.4, -0.2) is 31.2 Å². The van der Waals surface area contributed by atoms with Gasteiger partial charge in [-0.3, -0.25) is 4.79 Å². The van der Waals surface area contributed by atoms with Crippen molar-refractivity contribution < 1.29 is 9.18 Å². The van der Waals surface area contributed by atoms with Crippen LogP contribution < -0.4 is 16.0 Å². The van der Waals surface area contributed by atoms with E-state index < -0.39 is 0 Å². The molecule has 0 fully saturated rings. The van der Waals surface area contributed by atoms with Gasteiger partial charge < -0.3 is 16.0 Å². The number of amides is 1. The Kier molecular flexibility index (Phi) is 12.4. The summed E-state index contributed by atoms with van der Waals surface area (Å²) < 4.78 is 13.5. The summed E-state index contributed by atoms with van der Waals surface area (Å²) in [7, 11) is 0. The zero-order chi connectivity index (χ0) is 20.2. The second-order valence-corrected chi connectivity index (χ2v) is 7.02. The summed E-state index contributed by atoms with van der Waals surface area (Å²) in [6, 6.07) is 14.5. The van der Waals surface area contributed by atoms with Gasteiger partial charge in [0.05, 0.1) is 13.1 Å². The Morgan fingerprint density at radius 2 is 1.83 bits per heavy atom. The zero-order valence-electron chi connectivity index (χ0n) is 16.7. The van der Waals surface area contributed by atoms with E-state index in [1.807, 2.05) is 43.5 Å². The number of guanidine groups is 1. The van der Waals surface area contributed by atoms with Crippen LogP contribution in [0.4, 0.5) is 4.39 Å². The van der Waals surface area contributed by atoms with Crippen LogP contribution in [-0.2, 0) is 23.6 Å². The highest BCUT2D eigenvalue weighted by Crippen LogP contribution is 2.17. The fraction of sp³-hybridized carbons (Fsp3) is 0.333. The fourth-order valence-electron chi connectivity index (χ4n) is 2.57. The van der Waals surface area contributed by atoms with Crippen LogP contribution in [0.1, 0.15) is 23.6 Å². The van der Waals surface area contributed by atoms with Gasteiger partial charge in [0.2, 0.25) is 5.91 Å². The molecule has 0 aliphatic carbocycles. The number of carbonyl (C=O) groups is 1. The molecule has 2 aromatic carbocycles. The minimum absolute atomic E-state index is 0. The number of nitrogens with zero attached hydrogens (tertiary/aromatic N) is 1. The van der Waals surface area contributed by atoms with Crippen LogP contribution in [0.3, 0.4) is 0 Å². The molecule has 2 aromatic rings. The molecule has 0 bridgehead atoms. The number of hydrogen-bond acceptors (Lipinski definition) is 3. The van der Waals surface area contributed by atoms with E-state index in [9.17, 15) is 9.18 Å². The van der Waals surface area contributed by atoms with Crippen molar-refractivity contribution in [3.8, 4) is 0 Å². The molecule has 0 heterocycles. The first kappa shape index (κ1) is 25.2. The molecule has 0 aliphatic heterocycles. The monoisotopic (exact) mass is 530 g/mol. The van der Waals surface area contributed by atoms with E-state index in [0.29, 0.717) is 25.6 Å². The predicted octanol–water partition coefficient (Wildman–Crippen LogP) is 3.68. The summed E-state index contributed by atoms with van der Waals surface area (Å²) in [6.45, 7) is 3.67. The minimum Gasteiger partial charge on any atom is -0.357 e. The number of carbonyl (C=O) groups excluding carboxylic acids is 1. The molecule has 1 amide bonds. The van der Waals surface area contributed by atoms with Crippen molar-refractivity contribution in [2.24, 2.45) is 4.99 Å². The molecule has 8 heteroatoms. The van der Waals surface area contributed by atoms with Gasteiger partial charge in [0.15, 0.2) is 5.96 Å². The topological polar surface area (TPSA) is 65.5 Å². The Labute approximate surface area is 193 Å². The summed E-state index contributed by atoms with van der Waals surface area (Å²) in [4.78, 5) is 16.6. The van der Waals surface area contributed by atoms with Gasteiger partial charge >= 0.3 is 0 Å². The smallest absolute Gasteiger partial charge is 0.239 e. The van der Waals surface area contributed by atoms with Gasteiger partial charge in [-0.05, 0) is 42.0 Å². The van der Waals surface area contributed by atoms with E-state index in [-0.39, 0.29) is 42.2 Å². The molecule has 0 aliphatic rings. The third-order valence-corrected chi connectivity index (χ3v) is 4.57. The number of hydrogen-bond donors (Lipinski definition) is 3. The van der Waals surface area contributed by atoms with Crippen LogP contribution in [0.25, 0.3) is 0 Å². The van der Waals surface area contributed by atoms with E-state index in [2.05, 4.69) is 20.9 Å². The molecule has 3 N–H and O–H groups in total. The lowest BCUT2D eigenvalue weighted by Gasteiger charge is -2.12. The molecule has 0 saturated carbocycles. The van der Waals surface area contributed by atoms with Crippen LogP contribution >= 0.6 is 35.7 Å². The van der Waals surface area contributed by atoms with E-state index in [1.54, 1.807) is 23.9 Å². The molecule has 158 valence electrons. The minimum atomic E-state index is -0.239. The maximum absolute atomic E-state index is 13.5. The summed E-state index contributed by atoms with van der Waals surface area (Å²) in [5.41, 5.74) is 2.96. The van der Waals surface area contributed by atoms with Crippen LogP contribution in [0.2, 0.25) is 0 Å². The molecule has 0 radical (unpaired) electrons. The van der Waals surface area contributed by atoms with Crippen molar-refractivity contribution in [1.29, 1.82) is 0 Å². The Bertz CT molecular complexity index is 790. The van der Waals surface area contributed by atoms with Crippen LogP contribution in [0.15, 0.2) is 53.5 Å². The quantitative estimate of drug-likeness (QED) is 0.263. The van der Waals surface area contributed by atoms with Gasteiger partial charge in [-0.25, -0.2) is 9.38 Å². The summed E-state index contributed by atoms with van der Waals surface area (Å²) >= 11 is 1.64. The van der Waals surface area contributed by atoms with Crippen molar-refractivity contribution in [3.05, 3.63) is 71.0 Å². The molecule has 0 saturated heterocycles. The highest BCUT2D eigenvalue weighted by atomic mass is 127.